The zero-order valence-electron chi connectivity index (χ0n) is 15.8. The lowest BCUT2D eigenvalue weighted by atomic mass is 9.46. The van der Waals surface area contributed by atoms with Crippen LogP contribution in [0.15, 0.2) is 11.1 Å². The van der Waals surface area contributed by atoms with E-state index in [0.717, 1.165) is 49.0 Å². The van der Waals surface area contributed by atoms with Crippen molar-refractivity contribution in [3.05, 3.63) is 11.1 Å². The maximum absolute atomic E-state index is 12.2. The highest BCUT2D eigenvalue weighted by Crippen LogP contribution is 2.67. The Morgan fingerprint density at radius 1 is 1.00 bits per heavy atom. The first-order valence-corrected chi connectivity index (χ1v) is 10.0. The van der Waals surface area contributed by atoms with Crippen LogP contribution in [-0.2, 0) is 9.59 Å². The summed E-state index contributed by atoms with van der Waals surface area (Å²) in [5.41, 5.74) is 3.06. The van der Waals surface area contributed by atoms with Gasteiger partial charge in [0, 0.05) is 12.3 Å². The van der Waals surface area contributed by atoms with Crippen LogP contribution in [0.3, 0.4) is 0 Å². The third kappa shape index (κ3) is 2.01. The highest BCUT2D eigenvalue weighted by atomic mass is 16.1. The van der Waals surface area contributed by atoms with Crippen molar-refractivity contribution in [1.82, 2.24) is 0 Å². The molecule has 0 amide bonds. The second kappa shape index (κ2) is 5.29. The predicted molar refractivity (Wildman–Crippen MR) is 95.5 cm³/mol. The van der Waals surface area contributed by atoms with Gasteiger partial charge in [-0.2, -0.15) is 0 Å². The lowest BCUT2D eigenvalue weighted by Gasteiger charge is -2.58. The van der Waals surface area contributed by atoms with Crippen LogP contribution in [0.1, 0.15) is 79.1 Å². The molecule has 0 aromatic carbocycles. The Morgan fingerprint density at radius 2 is 1.75 bits per heavy atom. The summed E-state index contributed by atoms with van der Waals surface area (Å²) in [4.78, 5) is 24.4. The van der Waals surface area contributed by atoms with Crippen LogP contribution in [0.4, 0.5) is 0 Å². The van der Waals surface area contributed by atoms with Gasteiger partial charge in [0.25, 0.3) is 0 Å². The number of carbonyl (C=O) groups excluding carboxylic acids is 2. The van der Waals surface area contributed by atoms with E-state index in [0.29, 0.717) is 17.5 Å². The lowest BCUT2D eigenvalue weighted by molar-refractivity contribution is -0.128. The molecule has 132 valence electrons. The topological polar surface area (TPSA) is 34.1 Å². The highest BCUT2D eigenvalue weighted by Gasteiger charge is 2.59. The van der Waals surface area contributed by atoms with Crippen molar-refractivity contribution in [1.29, 1.82) is 0 Å². The van der Waals surface area contributed by atoms with Crippen LogP contribution in [0, 0.1) is 34.5 Å². The smallest absolute Gasteiger partial charge is 0.158 e. The third-order valence-corrected chi connectivity index (χ3v) is 8.91. The van der Waals surface area contributed by atoms with Crippen LogP contribution in [-0.4, -0.2) is 11.6 Å². The Hall–Kier alpha value is -0.920. The second-order valence-electron chi connectivity index (χ2n) is 9.64. The molecule has 3 saturated carbocycles. The van der Waals surface area contributed by atoms with E-state index in [1.807, 2.05) is 6.92 Å². The average molecular weight is 328 g/mol. The van der Waals surface area contributed by atoms with Crippen LogP contribution in [0.5, 0.6) is 0 Å². The molecule has 0 aliphatic heterocycles. The minimum absolute atomic E-state index is 0.240. The summed E-state index contributed by atoms with van der Waals surface area (Å²) in [5.74, 6) is 3.32. The van der Waals surface area contributed by atoms with Gasteiger partial charge in [-0.25, -0.2) is 0 Å². The Morgan fingerprint density at radius 3 is 2.46 bits per heavy atom. The first kappa shape index (κ1) is 16.5. The molecule has 0 heterocycles. The van der Waals surface area contributed by atoms with Gasteiger partial charge in [-0.3, -0.25) is 9.59 Å². The highest BCUT2D eigenvalue weighted by molar-refractivity contribution is 5.96. The van der Waals surface area contributed by atoms with Gasteiger partial charge in [-0.05, 0) is 93.0 Å². The number of fused-ring (bicyclic) bond motifs is 5. The zero-order chi connectivity index (χ0) is 17.3. The molecule has 4 aliphatic rings. The van der Waals surface area contributed by atoms with E-state index in [-0.39, 0.29) is 10.8 Å². The zero-order valence-corrected chi connectivity index (χ0v) is 15.8. The first-order chi connectivity index (χ1) is 11.3. The Balaban J connectivity index is 1.69. The molecule has 0 radical (unpaired) electrons. The van der Waals surface area contributed by atoms with Crippen molar-refractivity contribution in [2.45, 2.75) is 79.1 Å². The summed E-state index contributed by atoms with van der Waals surface area (Å²) in [6.07, 6.45) is 8.97. The molecule has 2 heteroatoms. The molecule has 4 aliphatic carbocycles. The van der Waals surface area contributed by atoms with Crippen molar-refractivity contribution in [2.75, 3.05) is 0 Å². The Labute approximate surface area is 146 Å². The van der Waals surface area contributed by atoms with Gasteiger partial charge in [0.2, 0.25) is 0 Å². The van der Waals surface area contributed by atoms with Crippen LogP contribution >= 0.6 is 0 Å². The maximum Gasteiger partial charge on any atom is 0.158 e. The Kier molecular flexibility index (Phi) is 3.64. The van der Waals surface area contributed by atoms with E-state index >= 15 is 0 Å². The predicted octanol–water partition coefficient (Wildman–Crippen LogP) is 5.11. The Bertz CT molecular complexity index is 630. The molecular weight excluding hydrogens is 296 g/mol. The van der Waals surface area contributed by atoms with Gasteiger partial charge in [0.05, 0.1) is 0 Å². The van der Waals surface area contributed by atoms with Crippen LogP contribution in [0.25, 0.3) is 0 Å². The van der Waals surface area contributed by atoms with Gasteiger partial charge in [-0.1, -0.05) is 19.4 Å². The van der Waals surface area contributed by atoms with E-state index in [2.05, 4.69) is 20.8 Å². The number of rotatable bonds is 1. The van der Waals surface area contributed by atoms with E-state index in [1.165, 1.54) is 31.3 Å². The van der Waals surface area contributed by atoms with E-state index in [4.69, 9.17) is 0 Å². The van der Waals surface area contributed by atoms with Crippen molar-refractivity contribution in [2.24, 2.45) is 34.5 Å². The van der Waals surface area contributed by atoms with Crippen molar-refractivity contribution in [3.8, 4) is 0 Å². The minimum atomic E-state index is 0.240. The third-order valence-electron chi connectivity index (χ3n) is 8.91. The second-order valence-corrected chi connectivity index (χ2v) is 9.64. The standard InChI is InChI=1S/C22H32O2/c1-13-16-6-5-15-18-8-7-17(14(2)23)22(18,4)11-9-19(15)21(16,3)12-10-20(13)24/h15,17-19H,5-12H2,1-4H3/t15-,17+,18-,19-,21-,22+/m0/s1. The SMILES string of the molecule is CC(=O)[C@H]1CC[C@H]2[C@@H]3CCC4=C(C)C(=O)CC[C@]4(C)[C@H]3CC[C@]12C. The number of hydrogen-bond acceptors (Lipinski definition) is 2. The molecule has 0 saturated heterocycles. The largest absolute Gasteiger partial charge is 0.300 e. The summed E-state index contributed by atoms with van der Waals surface area (Å²) in [5, 5.41) is 0. The number of ketones is 2. The summed E-state index contributed by atoms with van der Waals surface area (Å²) >= 11 is 0. The van der Waals surface area contributed by atoms with Gasteiger partial charge in [0.1, 0.15) is 5.78 Å². The number of carbonyl (C=O) groups is 2. The molecule has 0 aromatic rings. The molecule has 24 heavy (non-hydrogen) atoms. The van der Waals surface area contributed by atoms with Gasteiger partial charge in [-0.15, -0.1) is 0 Å². The van der Waals surface area contributed by atoms with Crippen molar-refractivity contribution < 1.29 is 9.59 Å². The number of hydrogen-bond donors (Lipinski definition) is 0. The molecule has 0 spiro atoms. The maximum atomic E-state index is 12.2. The van der Waals surface area contributed by atoms with Gasteiger partial charge >= 0.3 is 0 Å². The van der Waals surface area contributed by atoms with Crippen molar-refractivity contribution in [3.63, 3.8) is 0 Å². The molecular formula is C22H32O2. The molecule has 6 atom stereocenters. The molecule has 3 fully saturated rings. The number of Topliss-reactive ketones (excluding diaryl/α,β-unsaturated/α-hetero) is 2. The molecule has 4 rings (SSSR count). The minimum Gasteiger partial charge on any atom is -0.300 e. The quantitative estimate of drug-likeness (QED) is 0.670. The summed E-state index contributed by atoms with van der Waals surface area (Å²) in [6, 6.07) is 0. The van der Waals surface area contributed by atoms with Crippen LogP contribution in [0.2, 0.25) is 0 Å². The van der Waals surface area contributed by atoms with E-state index in [1.54, 1.807) is 0 Å². The van der Waals surface area contributed by atoms with E-state index < -0.39 is 0 Å². The summed E-state index contributed by atoms with van der Waals surface area (Å²) < 4.78 is 0. The molecule has 0 N–H and O–H groups in total. The molecule has 0 unspecified atom stereocenters. The lowest BCUT2D eigenvalue weighted by Crippen LogP contribution is -2.51. The van der Waals surface area contributed by atoms with Gasteiger partial charge in [0.15, 0.2) is 5.78 Å². The molecule has 0 aromatic heterocycles. The van der Waals surface area contributed by atoms with Gasteiger partial charge < -0.3 is 0 Å². The van der Waals surface area contributed by atoms with Crippen LogP contribution < -0.4 is 0 Å². The fourth-order valence-corrected chi connectivity index (χ4v) is 7.65. The first-order valence-electron chi connectivity index (χ1n) is 10.0. The summed E-state index contributed by atoms with van der Waals surface area (Å²) in [7, 11) is 0. The fourth-order valence-electron chi connectivity index (χ4n) is 7.65. The summed E-state index contributed by atoms with van der Waals surface area (Å²) in [6.45, 7) is 8.75. The molecule has 0 bridgehead atoms. The number of allylic oxidation sites excluding steroid dienone is 1. The van der Waals surface area contributed by atoms with Crippen molar-refractivity contribution >= 4 is 11.6 Å². The fraction of sp³-hybridized carbons (Fsp3) is 0.818. The normalized spacial score (nSPS) is 47.9. The molecule has 2 nitrogen and oxygen atoms in total. The monoisotopic (exact) mass is 328 g/mol. The average Bonchev–Trinajstić information content (AvgIpc) is 2.89. The van der Waals surface area contributed by atoms with E-state index in [9.17, 15) is 9.59 Å².